The van der Waals surface area contributed by atoms with Crippen LogP contribution in [-0.2, 0) is 14.2 Å². The maximum absolute atomic E-state index is 10.00. The minimum Gasteiger partial charge on any atom is -1.00 e. The van der Waals surface area contributed by atoms with Gasteiger partial charge in [-0.3, -0.25) is 0 Å². The summed E-state index contributed by atoms with van der Waals surface area (Å²) >= 11 is 0. The first-order chi connectivity index (χ1) is 10.8. The van der Waals surface area contributed by atoms with Crippen molar-refractivity contribution >= 4 is 0 Å². The van der Waals surface area contributed by atoms with Crippen molar-refractivity contribution in [2.45, 2.75) is 54.8 Å². The molecular formula is C12H22ClNaO11. The Balaban J connectivity index is 0.00000288. The molecule has 0 radical (unpaired) electrons. The fraction of sp³-hybridized carbons (Fsp3) is 1.00. The van der Waals surface area contributed by atoms with E-state index in [0.717, 1.165) is 0 Å². The van der Waals surface area contributed by atoms with Gasteiger partial charge in [-0.2, -0.15) is 0 Å². The molecule has 0 unspecified atom stereocenters. The molecule has 0 aliphatic carbocycles. The van der Waals surface area contributed by atoms with Crippen molar-refractivity contribution in [3.8, 4) is 0 Å². The van der Waals surface area contributed by atoms with Crippen molar-refractivity contribution in [3.63, 3.8) is 0 Å². The second kappa shape index (κ2) is 10.4. The summed E-state index contributed by atoms with van der Waals surface area (Å²) in [6.07, 6.45) is -12.7. The monoisotopic (exact) mass is 400 g/mol. The van der Waals surface area contributed by atoms with Crippen molar-refractivity contribution in [1.82, 2.24) is 0 Å². The van der Waals surface area contributed by atoms with E-state index in [4.69, 9.17) is 24.4 Å². The molecule has 2 rings (SSSR count). The standard InChI is InChI=1S/C12H22O11.ClH.Na/c13-1-4-6(16)8(18)9(19)11(21-4)23-12(3-15)10(20)7(17)5(2-14)22-12;;/h4-11,13-20H,1-3H2;1H;/q;;+1/p-1/t4-,5-,6-,7-,8+,9-,10+,11-,12+;;/m1../s1. The molecule has 2 aliphatic heterocycles. The van der Waals surface area contributed by atoms with E-state index in [1.807, 2.05) is 0 Å². The molecule has 25 heavy (non-hydrogen) atoms. The van der Waals surface area contributed by atoms with Gasteiger partial charge in [-0.1, -0.05) is 0 Å². The van der Waals surface area contributed by atoms with Crippen LogP contribution in [0.3, 0.4) is 0 Å². The second-order valence-corrected chi connectivity index (χ2v) is 5.56. The van der Waals surface area contributed by atoms with Crippen molar-refractivity contribution in [1.29, 1.82) is 0 Å². The molecule has 13 heteroatoms. The number of aliphatic hydroxyl groups excluding tert-OH is 8. The molecule has 2 fully saturated rings. The van der Waals surface area contributed by atoms with Crippen LogP contribution in [0.25, 0.3) is 0 Å². The Labute approximate surface area is 171 Å². The van der Waals surface area contributed by atoms with Crippen LogP contribution in [0.1, 0.15) is 0 Å². The third-order valence-corrected chi connectivity index (χ3v) is 4.07. The first-order valence-corrected chi connectivity index (χ1v) is 7.05. The molecule has 2 heterocycles. The number of ether oxygens (including phenoxy) is 3. The van der Waals surface area contributed by atoms with E-state index in [1.54, 1.807) is 0 Å². The molecule has 0 saturated carbocycles. The largest absolute Gasteiger partial charge is 1.00 e. The van der Waals surface area contributed by atoms with Crippen LogP contribution in [-0.4, -0.2) is 115 Å². The Bertz CT molecular complexity index is 405. The van der Waals surface area contributed by atoms with Crippen LogP contribution in [0, 0.1) is 0 Å². The molecule has 0 aromatic carbocycles. The van der Waals surface area contributed by atoms with Crippen LogP contribution in [0.2, 0.25) is 0 Å². The van der Waals surface area contributed by atoms with E-state index < -0.39 is 74.6 Å². The first kappa shape index (κ1) is 25.9. The summed E-state index contributed by atoms with van der Waals surface area (Å²) in [6, 6.07) is 0. The molecule has 8 N–H and O–H groups in total. The zero-order chi connectivity index (χ0) is 17.4. The SMILES string of the molecule is OC[C@H]1O[C@@](CO)(O[C@H]2O[C@H](CO)[C@@H](O)[C@H](O)[C@H]2O)[C@@H](O)[C@@H]1O.[Cl-].[Na+]. The minimum atomic E-state index is -2.22. The molecule has 0 aromatic heterocycles. The summed E-state index contributed by atoms with van der Waals surface area (Å²) in [6.45, 7) is -2.32. The molecule has 9 atom stereocenters. The summed E-state index contributed by atoms with van der Waals surface area (Å²) in [7, 11) is 0. The fourth-order valence-corrected chi connectivity index (χ4v) is 2.63. The van der Waals surface area contributed by atoms with E-state index in [9.17, 15) is 30.6 Å². The molecule has 0 bridgehead atoms. The number of rotatable bonds is 5. The summed E-state index contributed by atoms with van der Waals surface area (Å²) in [4.78, 5) is 0. The number of hydrogen-bond acceptors (Lipinski definition) is 11. The Hall–Kier alpha value is 0.850. The van der Waals surface area contributed by atoms with E-state index >= 15 is 0 Å². The zero-order valence-electron chi connectivity index (χ0n) is 13.4. The van der Waals surface area contributed by atoms with Crippen molar-refractivity contribution in [2.75, 3.05) is 19.8 Å². The number of hydrogen-bond donors (Lipinski definition) is 8. The molecule has 0 spiro atoms. The minimum absolute atomic E-state index is 0. The quantitative estimate of drug-likeness (QED) is 0.204. The van der Waals surface area contributed by atoms with Gasteiger partial charge in [0.1, 0.15) is 49.3 Å². The van der Waals surface area contributed by atoms with Crippen LogP contribution < -0.4 is 42.0 Å². The Morgan fingerprint density at radius 3 is 1.80 bits per heavy atom. The van der Waals surface area contributed by atoms with Gasteiger partial charge < -0.3 is 67.5 Å². The molecule has 2 saturated heterocycles. The van der Waals surface area contributed by atoms with E-state index in [2.05, 4.69) is 0 Å². The van der Waals surface area contributed by atoms with Gasteiger partial charge in [0.15, 0.2) is 6.29 Å². The predicted molar refractivity (Wildman–Crippen MR) is 68.6 cm³/mol. The third-order valence-electron chi connectivity index (χ3n) is 4.07. The first-order valence-electron chi connectivity index (χ1n) is 7.05. The van der Waals surface area contributed by atoms with Gasteiger partial charge in [-0.05, 0) is 0 Å². The zero-order valence-corrected chi connectivity index (χ0v) is 16.2. The topological polar surface area (TPSA) is 190 Å². The fourth-order valence-electron chi connectivity index (χ4n) is 2.63. The maximum atomic E-state index is 10.00. The van der Waals surface area contributed by atoms with Gasteiger partial charge in [0.25, 0.3) is 0 Å². The van der Waals surface area contributed by atoms with Gasteiger partial charge >= 0.3 is 29.6 Å². The third kappa shape index (κ3) is 4.83. The van der Waals surface area contributed by atoms with Gasteiger partial charge in [-0.25, -0.2) is 0 Å². The molecule has 0 aromatic rings. The summed E-state index contributed by atoms with van der Waals surface area (Å²) < 4.78 is 15.4. The van der Waals surface area contributed by atoms with Crippen LogP contribution >= 0.6 is 0 Å². The Kier molecular flexibility index (Phi) is 10.8. The average molecular weight is 401 g/mol. The van der Waals surface area contributed by atoms with E-state index in [1.165, 1.54) is 0 Å². The van der Waals surface area contributed by atoms with E-state index in [0.29, 0.717) is 0 Å². The molecule has 2 aliphatic rings. The van der Waals surface area contributed by atoms with E-state index in [-0.39, 0.29) is 42.0 Å². The smallest absolute Gasteiger partial charge is 1.00 e. The van der Waals surface area contributed by atoms with Crippen molar-refractivity contribution in [3.05, 3.63) is 0 Å². The number of halogens is 1. The molecule has 0 amide bonds. The summed E-state index contributed by atoms with van der Waals surface area (Å²) in [5, 5.41) is 76.7. The van der Waals surface area contributed by atoms with Gasteiger partial charge in [-0.15, -0.1) is 0 Å². The summed E-state index contributed by atoms with van der Waals surface area (Å²) in [5.41, 5.74) is 0. The Morgan fingerprint density at radius 2 is 1.36 bits per heavy atom. The number of aliphatic hydroxyl groups is 8. The normalized spacial score (nSPS) is 47.0. The average Bonchev–Trinajstić information content (AvgIpc) is 2.80. The van der Waals surface area contributed by atoms with Crippen LogP contribution in [0.4, 0.5) is 0 Å². The maximum Gasteiger partial charge on any atom is 1.00 e. The molecular weight excluding hydrogens is 379 g/mol. The predicted octanol–water partition coefficient (Wildman–Crippen LogP) is -11.4. The second-order valence-electron chi connectivity index (χ2n) is 5.56. The Morgan fingerprint density at radius 1 is 0.800 bits per heavy atom. The molecule has 144 valence electrons. The summed E-state index contributed by atoms with van der Waals surface area (Å²) in [5.74, 6) is -2.22. The van der Waals surface area contributed by atoms with Gasteiger partial charge in [0, 0.05) is 0 Å². The van der Waals surface area contributed by atoms with Crippen LogP contribution in [0.5, 0.6) is 0 Å². The van der Waals surface area contributed by atoms with Crippen molar-refractivity contribution in [2.24, 2.45) is 0 Å². The van der Waals surface area contributed by atoms with Crippen molar-refractivity contribution < 1.29 is 97.0 Å². The van der Waals surface area contributed by atoms with Gasteiger partial charge in [0.2, 0.25) is 5.79 Å². The van der Waals surface area contributed by atoms with Crippen LogP contribution in [0.15, 0.2) is 0 Å². The molecule has 11 nitrogen and oxygen atoms in total. The van der Waals surface area contributed by atoms with Gasteiger partial charge in [0.05, 0.1) is 13.2 Å².